The van der Waals surface area contributed by atoms with Gasteiger partial charge in [0.05, 0.1) is 6.04 Å². The topological polar surface area (TPSA) is 37.8 Å². The van der Waals surface area contributed by atoms with Gasteiger partial charge in [-0.25, -0.2) is 9.97 Å². The van der Waals surface area contributed by atoms with Crippen molar-refractivity contribution in [2.45, 2.75) is 45.6 Å². The maximum atomic E-state index is 4.65. The number of hydrogen-bond donors (Lipinski definition) is 1. The van der Waals surface area contributed by atoms with Crippen molar-refractivity contribution < 1.29 is 0 Å². The second-order valence-corrected chi connectivity index (χ2v) is 7.56. The fourth-order valence-corrected chi connectivity index (χ4v) is 3.12. The number of hydrogen-bond acceptors (Lipinski definition) is 4. The van der Waals surface area contributed by atoms with E-state index >= 15 is 0 Å². The summed E-state index contributed by atoms with van der Waals surface area (Å²) in [5, 5.41) is 5.62. The fourth-order valence-electron chi connectivity index (χ4n) is 1.87. The summed E-state index contributed by atoms with van der Waals surface area (Å²) in [7, 11) is 0. The molecule has 0 aliphatic rings. The van der Waals surface area contributed by atoms with E-state index in [-0.39, 0.29) is 5.41 Å². The molecule has 0 spiro atoms. The molecule has 2 rings (SSSR count). The van der Waals surface area contributed by atoms with Gasteiger partial charge >= 0.3 is 0 Å². The Labute approximate surface area is 133 Å². The Morgan fingerprint density at radius 1 is 1.35 bits per heavy atom. The highest BCUT2D eigenvalue weighted by Gasteiger charge is 2.19. The molecular formula is C15H20BrN3S. The van der Waals surface area contributed by atoms with Crippen LogP contribution in [0.3, 0.4) is 0 Å². The minimum absolute atomic E-state index is 0.0646. The second kappa shape index (κ2) is 6.22. The van der Waals surface area contributed by atoms with Crippen molar-refractivity contribution in [3.05, 3.63) is 38.9 Å². The number of aromatic nitrogens is 2. The van der Waals surface area contributed by atoms with Crippen molar-refractivity contribution in [3.8, 4) is 0 Å². The lowest BCUT2D eigenvalue weighted by Gasteiger charge is -2.20. The van der Waals surface area contributed by atoms with Crippen LogP contribution in [0.25, 0.3) is 0 Å². The highest BCUT2D eigenvalue weighted by Crippen LogP contribution is 2.28. The summed E-state index contributed by atoms with van der Waals surface area (Å²) in [5.41, 5.74) is -0.0646. The molecule has 0 amide bonds. The lowest BCUT2D eigenvalue weighted by Crippen LogP contribution is -2.18. The molecule has 20 heavy (non-hydrogen) atoms. The van der Waals surface area contributed by atoms with Gasteiger partial charge in [0.25, 0.3) is 0 Å². The normalized spacial score (nSPS) is 13.2. The number of thiophene rings is 1. The number of nitrogens with zero attached hydrogens (tertiary/aromatic N) is 2. The Hall–Kier alpha value is -0.940. The summed E-state index contributed by atoms with van der Waals surface area (Å²) in [6.45, 7) is 8.54. The highest BCUT2D eigenvalue weighted by atomic mass is 79.9. The highest BCUT2D eigenvalue weighted by molar-refractivity contribution is 9.10. The zero-order chi connectivity index (χ0) is 14.8. The minimum atomic E-state index is -0.0646. The molecule has 0 aromatic carbocycles. The van der Waals surface area contributed by atoms with Crippen molar-refractivity contribution in [2.24, 2.45) is 0 Å². The summed E-state index contributed by atoms with van der Waals surface area (Å²) in [5.74, 6) is 1.72. The molecule has 0 radical (unpaired) electrons. The van der Waals surface area contributed by atoms with Crippen molar-refractivity contribution in [1.29, 1.82) is 0 Å². The van der Waals surface area contributed by atoms with E-state index in [0.717, 1.165) is 22.7 Å². The largest absolute Gasteiger partial charge is 0.362 e. The number of nitrogens with one attached hydrogen (secondary N) is 1. The van der Waals surface area contributed by atoms with Gasteiger partial charge < -0.3 is 5.32 Å². The van der Waals surface area contributed by atoms with Gasteiger partial charge in [0, 0.05) is 16.4 Å². The first kappa shape index (κ1) is 15.4. The van der Waals surface area contributed by atoms with E-state index in [0.29, 0.717) is 6.04 Å². The predicted octanol–water partition coefficient (Wildman–Crippen LogP) is 5.16. The van der Waals surface area contributed by atoms with E-state index in [1.54, 1.807) is 11.3 Å². The molecule has 0 saturated heterocycles. The van der Waals surface area contributed by atoms with Crippen molar-refractivity contribution in [1.82, 2.24) is 9.97 Å². The SMILES string of the molecule is CCC(Nc1cc(Br)nc(C(C)(C)C)n1)c1cccs1. The van der Waals surface area contributed by atoms with Gasteiger partial charge in [-0.05, 0) is 33.8 Å². The molecule has 2 heterocycles. The number of anilines is 1. The molecule has 2 aromatic heterocycles. The van der Waals surface area contributed by atoms with Crippen LogP contribution in [0.15, 0.2) is 28.2 Å². The quantitative estimate of drug-likeness (QED) is 0.771. The Kier molecular flexibility index (Phi) is 4.81. The third-order valence-corrected chi connectivity index (χ3v) is 4.37. The first-order chi connectivity index (χ1) is 9.40. The summed E-state index contributed by atoms with van der Waals surface area (Å²) >= 11 is 5.25. The van der Waals surface area contributed by atoms with E-state index < -0.39 is 0 Å². The molecular weight excluding hydrogens is 334 g/mol. The zero-order valence-corrected chi connectivity index (χ0v) is 14.7. The van der Waals surface area contributed by atoms with Crippen LogP contribution in [0.2, 0.25) is 0 Å². The predicted molar refractivity (Wildman–Crippen MR) is 89.4 cm³/mol. The average molecular weight is 354 g/mol. The summed E-state index contributed by atoms with van der Waals surface area (Å²) < 4.78 is 0.820. The van der Waals surface area contributed by atoms with E-state index in [4.69, 9.17) is 0 Å². The van der Waals surface area contributed by atoms with Crippen LogP contribution in [0.1, 0.15) is 50.9 Å². The Morgan fingerprint density at radius 3 is 2.65 bits per heavy atom. The standard InChI is InChI=1S/C15H20BrN3S/c1-5-10(11-7-6-8-20-11)17-13-9-12(16)18-14(19-13)15(2,3)4/h6-10H,5H2,1-4H3,(H,17,18,19). The third-order valence-electron chi connectivity index (χ3n) is 2.98. The van der Waals surface area contributed by atoms with Gasteiger partial charge in [-0.3, -0.25) is 0 Å². The zero-order valence-electron chi connectivity index (χ0n) is 12.3. The van der Waals surface area contributed by atoms with Crippen molar-refractivity contribution in [3.63, 3.8) is 0 Å². The summed E-state index contributed by atoms with van der Waals surface area (Å²) in [4.78, 5) is 10.5. The monoisotopic (exact) mass is 353 g/mol. The average Bonchev–Trinajstić information content (AvgIpc) is 2.88. The maximum Gasteiger partial charge on any atom is 0.137 e. The first-order valence-corrected chi connectivity index (χ1v) is 8.42. The lowest BCUT2D eigenvalue weighted by molar-refractivity contribution is 0.543. The molecule has 5 heteroatoms. The van der Waals surface area contributed by atoms with Crippen LogP contribution in [0.4, 0.5) is 5.82 Å². The van der Waals surface area contributed by atoms with Gasteiger partial charge in [-0.1, -0.05) is 33.8 Å². The molecule has 0 bridgehead atoms. The minimum Gasteiger partial charge on any atom is -0.362 e. The van der Waals surface area contributed by atoms with E-state index in [9.17, 15) is 0 Å². The Balaban J connectivity index is 2.27. The number of rotatable bonds is 4. The molecule has 0 fully saturated rings. The molecule has 0 aliphatic heterocycles. The molecule has 2 aromatic rings. The molecule has 0 saturated carbocycles. The van der Waals surface area contributed by atoms with Gasteiger partial charge in [0.15, 0.2) is 0 Å². The van der Waals surface area contributed by atoms with Crippen LogP contribution in [-0.4, -0.2) is 9.97 Å². The van der Waals surface area contributed by atoms with Crippen LogP contribution in [0, 0.1) is 0 Å². The maximum absolute atomic E-state index is 4.65. The van der Waals surface area contributed by atoms with Gasteiger partial charge in [0.2, 0.25) is 0 Å². The van der Waals surface area contributed by atoms with E-state index in [2.05, 4.69) is 76.4 Å². The smallest absolute Gasteiger partial charge is 0.137 e. The number of halogens is 1. The van der Waals surface area contributed by atoms with Crippen molar-refractivity contribution in [2.75, 3.05) is 5.32 Å². The molecule has 1 N–H and O–H groups in total. The Morgan fingerprint density at radius 2 is 2.10 bits per heavy atom. The molecule has 108 valence electrons. The fraction of sp³-hybridized carbons (Fsp3) is 0.467. The second-order valence-electron chi connectivity index (χ2n) is 5.77. The Bertz CT molecular complexity index is 561. The summed E-state index contributed by atoms with van der Waals surface area (Å²) in [6.07, 6.45) is 1.02. The van der Waals surface area contributed by atoms with Crippen LogP contribution in [-0.2, 0) is 5.41 Å². The third kappa shape index (κ3) is 3.79. The van der Waals surface area contributed by atoms with E-state index in [1.165, 1.54) is 4.88 Å². The van der Waals surface area contributed by atoms with Crippen molar-refractivity contribution >= 4 is 33.1 Å². The van der Waals surface area contributed by atoms with Crippen LogP contribution >= 0.6 is 27.3 Å². The molecule has 1 atom stereocenters. The molecule has 3 nitrogen and oxygen atoms in total. The van der Waals surface area contributed by atoms with Crippen LogP contribution < -0.4 is 5.32 Å². The summed E-state index contributed by atoms with van der Waals surface area (Å²) in [6, 6.07) is 6.48. The van der Waals surface area contributed by atoms with E-state index in [1.807, 2.05) is 6.07 Å². The van der Waals surface area contributed by atoms with Gasteiger partial charge in [-0.15, -0.1) is 11.3 Å². The molecule has 0 aliphatic carbocycles. The van der Waals surface area contributed by atoms with Crippen LogP contribution in [0.5, 0.6) is 0 Å². The lowest BCUT2D eigenvalue weighted by atomic mass is 9.96. The van der Waals surface area contributed by atoms with Gasteiger partial charge in [-0.2, -0.15) is 0 Å². The van der Waals surface area contributed by atoms with Gasteiger partial charge in [0.1, 0.15) is 16.2 Å². The molecule has 1 unspecified atom stereocenters. The first-order valence-electron chi connectivity index (χ1n) is 6.75.